The number of carboxylic acid groups (broad SMARTS) is 1. The van der Waals surface area contributed by atoms with E-state index in [1.54, 1.807) is 0 Å². The molecule has 2 rings (SSSR count). The summed E-state index contributed by atoms with van der Waals surface area (Å²) < 4.78 is 23.9. The van der Waals surface area contributed by atoms with Crippen molar-refractivity contribution in [1.82, 2.24) is 9.78 Å². The lowest BCUT2D eigenvalue weighted by molar-refractivity contribution is -0.137. The molecule has 0 aromatic carbocycles. The normalized spacial score (nSPS) is 18.4. The Labute approximate surface area is 86.4 Å². The molecule has 0 amide bonds. The van der Waals surface area contributed by atoms with E-state index in [9.17, 15) is 13.2 Å². The van der Waals surface area contributed by atoms with Crippen LogP contribution in [0.3, 0.4) is 0 Å². The Bertz CT molecular complexity index is 503. The minimum atomic E-state index is -3.01. The fraction of sp³-hybridized carbons (Fsp3) is 0.500. The summed E-state index contributed by atoms with van der Waals surface area (Å²) in [6.07, 6.45) is 1.79. The highest BCUT2D eigenvalue weighted by Crippen LogP contribution is 2.19. The van der Waals surface area contributed by atoms with E-state index >= 15 is 0 Å². The van der Waals surface area contributed by atoms with Crippen molar-refractivity contribution in [3.8, 4) is 0 Å². The fourth-order valence-corrected chi connectivity index (χ4v) is 3.05. The molecule has 0 spiro atoms. The number of hydrogen-bond acceptors (Lipinski definition) is 4. The second-order valence-electron chi connectivity index (χ2n) is 3.51. The van der Waals surface area contributed by atoms with Gasteiger partial charge in [0, 0.05) is 17.7 Å². The van der Waals surface area contributed by atoms with Crippen molar-refractivity contribution >= 4 is 15.8 Å². The van der Waals surface area contributed by atoms with Gasteiger partial charge in [-0.25, -0.2) is 8.42 Å². The standard InChI is InChI=1S/C8H10N2O4S/c11-8(12)4-10-7-1-2-15(13,14)5-6(7)3-9-10/h3H,1-2,4-5H2,(H,11,12). The Morgan fingerprint density at radius 1 is 1.60 bits per heavy atom. The minimum Gasteiger partial charge on any atom is -0.480 e. The number of hydrogen-bond donors (Lipinski definition) is 1. The van der Waals surface area contributed by atoms with Gasteiger partial charge in [-0.2, -0.15) is 5.10 Å². The number of sulfone groups is 1. The zero-order chi connectivity index (χ0) is 11.1. The first-order chi connectivity index (χ1) is 6.98. The highest BCUT2D eigenvalue weighted by molar-refractivity contribution is 7.90. The van der Waals surface area contributed by atoms with Crippen LogP contribution in [0.25, 0.3) is 0 Å². The Morgan fingerprint density at radius 3 is 3.00 bits per heavy atom. The number of fused-ring (bicyclic) bond motifs is 1. The lowest BCUT2D eigenvalue weighted by Crippen LogP contribution is -2.22. The lowest BCUT2D eigenvalue weighted by Gasteiger charge is -2.13. The average molecular weight is 230 g/mol. The van der Waals surface area contributed by atoms with Crippen molar-refractivity contribution in [1.29, 1.82) is 0 Å². The van der Waals surface area contributed by atoms with E-state index in [1.807, 2.05) is 0 Å². The molecule has 1 aliphatic heterocycles. The summed E-state index contributed by atoms with van der Waals surface area (Å²) in [5, 5.41) is 12.5. The van der Waals surface area contributed by atoms with Gasteiger partial charge in [-0.1, -0.05) is 0 Å². The summed E-state index contributed by atoms with van der Waals surface area (Å²) >= 11 is 0. The second-order valence-corrected chi connectivity index (χ2v) is 5.69. The summed E-state index contributed by atoms with van der Waals surface area (Å²) in [5.74, 6) is -0.929. The van der Waals surface area contributed by atoms with Gasteiger partial charge in [0.15, 0.2) is 9.84 Å². The summed E-state index contributed by atoms with van der Waals surface area (Å²) in [4.78, 5) is 10.5. The van der Waals surface area contributed by atoms with Crippen LogP contribution in [0.5, 0.6) is 0 Å². The molecule has 1 aliphatic rings. The van der Waals surface area contributed by atoms with Crippen molar-refractivity contribution in [3.63, 3.8) is 0 Å². The number of carboxylic acids is 1. The van der Waals surface area contributed by atoms with E-state index in [1.165, 1.54) is 10.9 Å². The molecule has 0 bridgehead atoms. The van der Waals surface area contributed by atoms with Gasteiger partial charge in [0.1, 0.15) is 6.54 Å². The van der Waals surface area contributed by atoms with Gasteiger partial charge in [0.25, 0.3) is 0 Å². The molecule has 0 atom stereocenters. The molecule has 0 saturated carbocycles. The molecule has 2 heterocycles. The zero-order valence-electron chi connectivity index (χ0n) is 7.88. The van der Waals surface area contributed by atoms with Crippen LogP contribution in [-0.4, -0.2) is 35.0 Å². The smallest absolute Gasteiger partial charge is 0.325 e. The number of rotatable bonds is 2. The topological polar surface area (TPSA) is 89.3 Å². The Kier molecular flexibility index (Phi) is 2.26. The van der Waals surface area contributed by atoms with Crippen LogP contribution in [0.15, 0.2) is 6.20 Å². The van der Waals surface area contributed by atoms with Crippen molar-refractivity contribution in [3.05, 3.63) is 17.5 Å². The largest absolute Gasteiger partial charge is 0.480 e. The molecule has 0 unspecified atom stereocenters. The summed E-state index contributed by atoms with van der Waals surface area (Å²) in [6.45, 7) is -0.213. The highest BCUT2D eigenvalue weighted by atomic mass is 32.2. The molecule has 1 N–H and O–H groups in total. The summed E-state index contributed by atoms with van der Waals surface area (Å²) in [5.41, 5.74) is 1.36. The number of aliphatic carboxylic acids is 1. The molecular formula is C8H10N2O4S. The van der Waals surface area contributed by atoms with Crippen molar-refractivity contribution in [2.75, 3.05) is 5.75 Å². The molecular weight excluding hydrogens is 220 g/mol. The van der Waals surface area contributed by atoms with Gasteiger partial charge < -0.3 is 5.11 Å². The molecule has 0 aliphatic carbocycles. The van der Waals surface area contributed by atoms with Crippen LogP contribution in [0.2, 0.25) is 0 Å². The molecule has 82 valence electrons. The average Bonchev–Trinajstić information content (AvgIpc) is 2.45. The van der Waals surface area contributed by atoms with E-state index in [0.717, 1.165) is 5.69 Å². The molecule has 1 aromatic heterocycles. The third kappa shape index (κ3) is 2.01. The van der Waals surface area contributed by atoms with Crippen LogP contribution in [0, 0.1) is 0 Å². The first kappa shape index (κ1) is 10.2. The molecule has 15 heavy (non-hydrogen) atoms. The Morgan fingerprint density at radius 2 is 2.33 bits per heavy atom. The van der Waals surface area contributed by atoms with E-state index in [2.05, 4.69) is 5.10 Å². The van der Waals surface area contributed by atoms with Crippen LogP contribution in [0.4, 0.5) is 0 Å². The van der Waals surface area contributed by atoms with E-state index in [4.69, 9.17) is 5.11 Å². The van der Waals surface area contributed by atoms with E-state index in [0.29, 0.717) is 12.0 Å². The Balaban J connectivity index is 2.34. The van der Waals surface area contributed by atoms with Gasteiger partial charge in [0.05, 0.1) is 17.7 Å². The van der Waals surface area contributed by atoms with Gasteiger partial charge >= 0.3 is 5.97 Å². The maximum Gasteiger partial charge on any atom is 0.325 e. The molecule has 0 saturated heterocycles. The predicted molar refractivity (Wildman–Crippen MR) is 51.1 cm³/mol. The highest BCUT2D eigenvalue weighted by Gasteiger charge is 2.25. The molecule has 6 nitrogen and oxygen atoms in total. The molecule has 0 radical (unpaired) electrons. The maximum absolute atomic E-state index is 11.3. The van der Waals surface area contributed by atoms with Crippen LogP contribution in [0.1, 0.15) is 11.3 Å². The van der Waals surface area contributed by atoms with Gasteiger partial charge in [-0.05, 0) is 0 Å². The first-order valence-corrected chi connectivity index (χ1v) is 6.26. The van der Waals surface area contributed by atoms with Crippen LogP contribution in [-0.2, 0) is 33.4 Å². The predicted octanol–water partition coefficient (Wildman–Crippen LogP) is -0.561. The van der Waals surface area contributed by atoms with Gasteiger partial charge in [0.2, 0.25) is 0 Å². The SMILES string of the molecule is O=C(O)Cn1ncc2c1CCS(=O)(=O)C2. The number of aromatic nitrogens is 2. The maximum atomic E-state index is 11.3. The number of nitrogens with zero attached hydrogens (tertiary/aromatic N) is 2. The minimum absolute atomic E-state index is 0.0258. The molecule has 7 heteroatoms. The molecule has 0 fully saturated rings. The van der Waals surface area contributed by atoms with Crippen molar-refractivity contribution < 1.29 is 18.3 Å². The second kappa shape index (κ2) is 3.34. The lowest BCUT2D eigenvalue weighted by atomic mass is 10.2. The first-order valence-electron chi connectivity index (χ1n) is 4.44. The third-order valence-electron chi connectivity index (χ3n) is 2.35. The van der Waals surface area contributed by atoms with Gasteiger partial charge in [-0.15, -0.1) is 0 Å². The third-order valence-corrected chi connectivity index (χ3v) is 3.92. The summed E-state index contributed by atoms with van der Waals surface area (Å²) in [6, 6.07) is 0. The van der Waals surface area contributed by atoms with Crippen molar-refractivity contribution in [2.45, 2.75) is 18.7 Å². The number of carbonyl (C=O) groups is 1. The summed E-state index contributed by atoms with van der Waals surface area (Å²) in [7, 11) is -3.01. The van der Waals surface area contributed by atoms with E-state index in [-0.39, 0.29) is 18.1 Å². The van der Waals surface area contributed by atoms with Crippen molar-refractivity contribution in [2.24, 2.45) is 0 Å². The monoisotopic (exact) mass is 230 g/mol. The Hall–Kier alpha value is -1.37. The fourth-order valence-electron chi connectivity index (χ4n) is 1.69. The van der Waals surface area contributed by atoms with Crippen LogP contribution < -0.4 is 0 Å². The molecule has 1 aromatic rings. The van der Waals surface area contributed by atoms with E-state index < -0.39 is 15.8 Å². The quantitative estimate of drug-likeness (QED) is 0.735. The zero-order valence-corrected chi connectivity index (χ0v) is 8.70. The van der Waals surface area contributed by atoms with Crippen LogP contribution >= 0.6 is 0 Å². The van der Waals surface area contributed by atoms with Gasteiger partial charge in [-0.3, -0.25) is 9.48 Å².